The Balaban J connectivity index is 1.69. The maximum absolute atomic E-state index is 11.9. The summed E-state index contributed by atoms with van der Waals surface area (Å²) in [6.07, 6.45) is 1.27. The molecule has 0 spiro atoms. The van der Waals surface area contributed by atoms with Crippen LogP contribution in [0.5, 0.6) is 5.75 Å². The number of hydrogen-bond acceptors (Lipinski definition) is 2. The van der Waals surface area contributed by atoms with E-state index in [1.807, 2.05) is 26.0 Å². The Morgan fingerprint density at radius 1 is 0.958 bits per heavy atom. The molecule has 3 heteroatoms. The predicted octanol–water partition coefficient (Wildman–Crippen LogP) is 4.05. The number of rotatable bonds is 7. The van der Waals surface area contributed by atoms with Gasteiger partial charge in [-0.1, -0.05) is 30.3 Å². The Morgan fingerprint density at radius 2 is 1.71 bits per heavy atom. The predicted molar refractivity (Wildman–Crippen MR) is 98.7 cm³/mol. The molecule has 128 valence electrons. The van der Waals surface area contributed by atoms with Gasteiger partial charge in [-0.25, -0.2) is 0 Å². The van der Waals surface area contributed by atoms with Crippen molar-refractivity contribution >= 4 is 5.91 Å². The Hall–Kier alpha value is -2.29. The maximum atomic E-state index is 11.9. The zero-order valence-electron chi connectivity index (χ0n) is 15.1. The summed E-state index contributed by atoms with van der Waals surface area (Å²) in [6.45, 7) is 9.28. The third-order valence-corrected chi connectivity index (χ3v) is 4.24. The molecule has 0 aromatic heterocycles. The van der Waals surface area contributed by atoms with E-state index in [2.05, 4.69) is 43.4 Å². The lowest BCUT2D eigenvalue weighted by Crippen LogP contribution is -2.28. The van der Waals surface area contributed by atoms with Crippen LogP contribution < -0.4 is 10.1 Å². The summed E-state index contributed by atoms with van der Waals surface area (Å²) in [5.41, 5.74) is 6.05. The summed E-state index contributed by atoms with van der Waals surface area (Å²) in [6, 6.07) is 12.5. The van der Waals surface area contributed by atoms with Gasteiger partial charge in [-0.2, -0.15) is 0 Å². The number of amides is 1. The molecular formula is C21H27NO2. The van der Waals surface area contributed by atoms with Crippen molar-refractivity contribution in [1.82, 2.24) is 5.32 Å². The van der Waals surface area contributed by atoms with Crippen LogP contribution in [0.25, 0.3) is 0 Å². The lowest BCUT2D eigenvalue weighted by Gasteiger charge is -2.11. The number of hydrogen-bond donors (Lipinski definition) is 1. The van der Waals surface area contributed by atoms with Gasteiger partial charge in [-0.3, -0.25) is 4.79 Å². The van der Waals surface area contributed by atoms with Crippen LogP contribution in [0.15, 0.2) is 36.4 Å². The van der Waals surface area contributed by atoms with E-state index in [4.69, 9.17) is 4.74 Å². The second kappa shape index (κ2) is 8.53. The molecule has 24 heavy (non-hydrogen) atoms. The van der Waals surface area contributed by atoms with Gasteiger partial charge in [-0.05, 0) is 68.0 Å². The van der Waals surface area contributed by atoms with E-state index in [1.54, 1.807) is 0 Å². The van der Waals surface area contributed by atoms with Crippen LogP contribution in [0, 0.1) is 27.7 Å². The molecule has 0 radical (unpaired) electrons. The van der Waals surface area contributed by atoms with Crippen molar-refractivity contribution < 1.29 is 9.53 Å². The van der Waals surface area contributed by atoms with Gasteiger partial charge in [0.15, 0.2) is 0 Å². The van der Waals surface area contributed by atoms with Crippen LogP contribution in [-0.4, -0.2) is 19.1 Å². The molecule has 0 saturated heterocycles. The summed E-state index contributed by atoms with van der Waals surface area (Å²) >= 11 is 0. The van der Waals surface area contributed by atoms with Crippen LogP contribution in [0.2, 0.25) is 0 Å². The van der Waals surface area contributed by atoms with Crippen molar-refractivity contribution in [2.75, 3.05) is 13.2 Å². The summed E-state index contributed by atoms with van der Waals surface area (Å²) in [4.78, 5) is 11.9. The van der Waals surface area contributed by atoms with Gasteiger partial charge in [0.2, 0.25) is 5.91 Å². The zero-order chi connectivity index (χ0) is 17.5. The molecule has 0 bridgehead atoms. The molecule has 2 aromatic rings. The molecule has 0 unspecified atom stereocenters. The number of nitrogens with one attached hydrogen (secondary N) is 1. The minimum absolute atomic E-state index is 0.0674. The first-order valence-electron chi connectivity index (χ1n) is 8.48. The van der Waals surface area contributed by atoms with Gasteiger partial charge in [0.1, 0.15) is 12.4 Å². The number of carbonyl (C=O) groups excluding carboxylic acids is 1. The standard InChI is InChI=1S/C21H27NO2/c1-15-5-6-17(3)20(13-15)24-12-11-22-21(23)10-9-19-8-7-16(2)18(4)14-19/h5-8,13-14H,9-12H2,1-4H3,(H,22,23). The Morgan fingerprint density at radius 3 is 2.46 bits per heavy atom. The van der Waals surface area contributed by atoms with Crippen LogP contribution in [0.3, 0.4) is 0 Å². The number of benzene rings is 2. The highest BCUT2D eigenvalue weighted by molar-refractivity contribution is 5.76. The first-order valence-corrected chi connectivity index (χ1v) is 8.48. The number of ether oxygens (including phenoxy) is 1. The Labute approximate surface area is 145 Å². The van der Waals surface area contributed by atoms with E-state index in [-0.39, 0.29) is 5.91 Å². The normalized spacial score (nSPS) is 10.5. The van der Waals surface area contributed by atoms with Crippen molar-refractivity contribution in [3.8, 4) is 5.75 Å². The highest BCUT2D eigenvalue weighted by atomic mass is 16.5. The van der Waals surface area contributed by atoms with Gasteiger partial charge < -0.3 is 10.1 Å². The lowest BCUT2D eigenvalue weighted by atomic mass is 10.0. The van der Waals surface area contributed by atoms with Crippen LogP contribution in [0.4, 0.5) is 0 Å². The molecule has 0 saturated carbocycles. The van der Waals surface area contributed by atoms with Gasteiger partial charge >= 0.3 is 0 Å². The van der Waals surface area contributed by atoms with E-state index in [9.17, 15) is 4.79 Å². The second-order valence-electron chi connectivity index (χ2n) is 6.39. The molecule has 2 rings (SSSR count). The van der Waals surface area contributed by atoms with Crippen LogP contribution in [0.1, 0.15) is 34.2 Å². The first-order chi connectivity index (χ1) is 11.5. The van der Waals surface area contributed by atoms with Crippen LogP contribution >= 0.6 is 0 Å². The lowest BCUT2D eigenvalue weighted by molar-refractivity contribution is -0.121. The minimum Gasteiger partial charge on any atom is -0.491 e. The maximum Gasteiger partial charge on any atom is 0.220 e. The molecule has 0 aliphatic carbocycles. The smallest absolute Gasteiger partial charge is 0.220 e. The van der Waals surface area contributed by atoms with Crippen molar-refractivity contribution in [3.05, 3.63) is 64.2 Å². The molecular weight excluding hydrogens is 298 g/mol. The number of carbonyl (C=O) groups is 1. The molecule has 1 amide bonds. The van der Waals surface area contributed by atoms with Crippen molar-refractivity contribution in [2.24, 2.45) is 0 Å². The summed E-state index contributed by atoms with van der Waals surface area (Å²) in [5, 5.41) is 2.92. The third kappa shape index (κ3) is 5.41. The summed E-state index contributed by atoms with van der Waals surface area (Å²) in [5.74, 6) is 0.956. The van der Waals surface area contributed by atoms with E-state index in [0.717, 1.165) is 17.7 Å². The Bertz CT molecular complexity index is 707. The topological polar surface area (TPSA) is 38.3 Å². The quantitative estimate of drug-likeness (QED) is 0.780. The van der Waals surface area contributed by atoms with E-state index in [0.29, 0.717) is 19.6 Å². The van der Waals surface area contributed by atoms with Gasteiger partial charge in [-0.15, -0.1) is 0 Å². The van der Waals surface area contributed by atoms with Crippen molar-refractivity contribution in [1.29, 1.82) is 0 Å². The summed E-state index contributed by atoms with van der Waals surface area (Å²) in [7, 11) is 0. The third-order valence-electron chi connectivity index (χ3n) is 4.24. The summed E-state index contributed by atoms with van der Waals surface area (Å²) < 4.78 is 5.74. The molecule has 3 nitrogen and oxygen atoms in total. The highest BCUT2D eigenvalue weighted by Crippen LogP contribution is 2.18. The largest absolute Gasteiger partial charge is 0.491 e. The van der Waals surface area contributed by atoms with E-state index < -0.39 is 0 Å². The van der Waals surface area contributed by atoms with E-state index >= 15 is 0 Å². The van der Waals surface area contributed by atoms with Crippen molar-refractivity contribution in [3.63, 3.8) is 0 Å². The first kappa shape index (κ1) is 18.1. The van der Waals surface area contributed by atoms with Gasteiger partial charge in [0, 0.05) is 6.42 Å². The molecule has 1 N–H and O–H groups in total. The molecule has 2 aromatic carbocycles. The molecule has 0 atom stereocenters. The number of aryl methyl sites for hydroxylation is 5. The molecule has 0 heterocycles. The van der Waals surface area contributed by atoms with Gasteiger partial charge in [0.05, 0.1) is 6.54 Å². The highest BCUT2D eigenvalue weighted by Gasteiger charge is 2.04. The Kier molecular flexibility index (Phi) is 6.42. The minimum atomic E-state index is 0.0674. The van der Waals surface area contributed by atoms with Crippen molar-refractivity contribution in [2.45, 2.75) is 40.5 Å². The molecule has 0 aliphatic rings. The van der Waals surface area contributed by atoms with Gasteiger partial charge in [0.25, 0.3) is 0 Å². The molecule has 0 aliphatic heterocycles. The van der Waals surface area contributed by atoms with E-state index in [1.165, 1.54) is 22.3 Å². The fraction of sp³-hybridized carbons (Fsp3) is 0.381. The fourth-order valence-electron chi connectivity index (χ4n) is 2.52. The average Bonchev–Trinajstić information content (AvgIpc) is 2.55. The monoisotopic (exact) mass is 325 g/mol. The second-order valence-corrected chi connectivity index (χ2v) is 6.39. The van der Waals surface area contributed by atoms with Crippen LogP contribution in [-0.2, 0) is 11.2 Å². The fourth-order valence-corrected chi connectivity index (χ4v) is 2.52. The molecule has 0 fully saturated rings. The zero-order valence-corrected chi connectivity index (χ0v) is 15.1. The SMILES string of the molecule is Cc1ccc(C)c(OCCNC(=O)CCc2ccc(C)c(C)c2)c1. The average molecular weight is 325 g/mol.